The van der Waals surface area contributed by atoms with E-state index in [0.29, 0.717) is 6.54 Å². The summed E-state index contributed by atoms with van der Waals surface area (Å²) in [7, 11) is 1.76. The molecular formula is C16H14BrF2NO. The Labute approximate surface area is 130 Å². The molecule has 0 bridgehead atoms. The van der Waals surface area contributed by atoms with E-state index in [9.17, 15) is 13.6 Å². The molecule has 0 amide bonds. The lowest BCUT2D eigenvalue weighted by molar-refractivity contribution is 0.0938. The van der Waals surface area contributed by atoms with Gasteiger partial charge in [-0.3, -0.25) is 9.69 Å². The second-order valence-corrected chi connectivity index (χ2v) is 5.76. The zero-order chi connectivity index (χ0) is 15.4. The Morgan fingerprint density at radius 2 is 1.81 bits per heavy atom. The standard InChI is InChI=1S/C16H14BrF2NO/c1-20(9-11-2-4-12(17)5-3-11)10-16(21)14-8-13(18)6-7-15(14)19/h2-8H,9-10H2,1H3. The second kappa shape index (κ2) is 6.91. The van der Waals surface area contributed by atoms with Crippen molar-refractivity contribution in [2.24, 2.45) is 0 Å². The van der Waals surface area contributed by atoms with Gasteiger partial charge in [-0.1, -0.05) is 28.1 Å². The van der Waals surface area contributed by atoms with Crippen molar-refractivity contribution in [3.8, 4) is 0 Å². The largest absolute Gasteiger partial charge is 0.295 e. The van der Waals surface area contributed by atoms with Gasteiger partial charge in [0.1, 0.15) is 11.6 Å². The van der Waals surface area contributed by atoms with Crippen LogP contribution in [0.1, 0.15) is 15.9 Å². The first-order valence-corrected chi connectivity index (χ1v) is 7.16. The minimum Gasteiger partial charge on any atom is -0.295 e. The Morgan fingerprint density at radius 3 is 2.48 bits per heavy atom. The molecule has 110 valence electrons. The van der Waals surface area contributed by atoms with Crippen LogP contribution < -0.4 is 0 Å². The molecule has 0 atom stereocenters. The van der Waals surface area contributed by atoms with Crippen LogP contribution >= 0.6 is 15.9 Å². The van der Waals surface area contributed by atoms with E-state index in [2.05, 4.69) is 15.9 Å². The van der Waals surface area contributed by atoms with Crippen LogP contribution in [0, 0.1) is 11.6 Å². The van der Waals surface area contributed by atoms with Gasteiger partial charge in [0, 0.05) is 11.0 Å². The van der Waals surface area contributed by atoms with Crippen LogP contribution in [-0.2, 0) is 6.54 Å². The number of nitrogens with zero attached hydrogens (tertiary/aromatic N) is 1. The number of halogens is 3. The fraction of sp³-hybridized carbons (Fsp3) is 0.188. The van der Waals surface area contributed by atoms with E-state index in [-0.39, 0.29) is 12.1 Å². The summed E-state index contributed by atoms with van der Waals surface area (Å²) >= 11 is 3.35. The number of carbonyl (C=O) groups excluding carboxylic acids is 1. The van der Waals surface area contributed by atoms with Crippen LogP contribution in [-0.4, -0.2) is 24.3 Å². The molecule has 2 aromatic rings. The first-order chi connectivity index (χ1) is 9.95. The number of benzene rings is 2. The molecule has 0 saturated carbocycles. The van der Waals surface area contributed by atoms with Gasteiger partial charge < -0.3 is 0 Å². The quantitative estimate of drug-likeness (QED) is 0.756. The normalized spacial score (nSPS) is 10.9. The van der Waals surface area contributed by atoms with Crippen LogP contribution in [0.4, 0.5) is 8.78 Å². The summed E-state index contributed by atoms with van der Waals surface area (Å²) in [6, 6.07) is 10.6. The predicted molar refractivity (Wildman–Crippen MR) is 81.2 cm³/mol. The summed E-state index contributed by atoms with van der Waals surface area (Å²) in [6.07, 6.45) is 0. The van der Waals surface area contributed by atoms with Crippen molar-refractivity contribution >= 4 is 21.7 Å². The van der Waals surface area contributed by atoms with Gasteiger partial charge in [-0.25, -0.2) is 8.78 Å². The molecule has 0 aliphatic heterocycles. The Balaban J connectivity index is 2.01. The van der Waals surface area contributed by atoms with Crippen molar-refractivity contribution in [2.75, 3.05) is 13.6 Å². The summed E-state index contributed by atoms with van der Waals surface area (Å²) < 4.78 is 27.6. The fourth-order valence-electron chi connectivity index (χ4n) is 2.00. The minimum absolute atomic E-state index is 0.0242. The molecule has 0 N–H and O–H groups in total. The highest BCUT2D eigenvalue weighted by Gasteiger charge is 2.15. The van der Waals surface area contributed by atoms with Crippen molar-refractivity contribution in [3.05, 3.63) is 69.7 Å². The van der Waals surface area contributed by atoms with Crippen molar-refractivity contribution in [2.45, 2.75) is 6.54 Å². The van der Waals surface area contributed by atoms with Gasteiger partial charge >= 0.3 is 0 Å². The van der Waals surface area contributed by atoms with Gasteiger partial charge in [0.05, 0.1) is 12.1 Å². The Bertz CT molecular complexity index is 643. The molecule has 0 unspecified atom stereocenters. The SMILES string of the molecule is CN(CC(=O)c1cc(F)ccc1F)Cc1ccc(Br)cc1. The number of likely N-dealkylation sites (N-methyl/N-ethyl adjacent to an activating group) is 1. The number of Topliss-reactive ketones (excluding diaryl/α,β-unsaturated/α-hetero) is 1. The average Bonchev–Trinajstić information content (AvgIpc) is 2.44. The maximum atomic E-state index is 13.5. The van der Waals surface area contributed by atoms with Gasteiger partial charge in [0.15, 0.2) is 5.78 Å². The number of rotatable bonds is 5. The predicted octanol–water partition coefficient (Wildman–Crippen LogP) is 4.04. The van der Waals surface area contributed by atoms with Crippen LogP contribution in [0.5, 0.6) is 0 Å². The third-order valence-electron chi connectivity index (χ3n) is 3.01. The molecule has 0 aliphatic rings. The van der Waals surface area contributed by atoms with Gasteiger partial charge in [-0.15, -0.1) is 0 Å². The molecule has 5 heteroatoms. The monoisotopic (exact) mass is 353 g/mol. The molecular weight excluding hydrogens is 340 g/mol. The van der Waals surface area contributed by atoms with Crippen LogP contribution in [0.3, 0.4) is 0 Å². The van der Waals surface area contributed by atoms with Gasteiger partial charge in [-0.2, -0.15) is 0 Å². The molecule has 0 aliphatic carbocycles. The lowest BCUT2D eigenvalue weighted by Crippen LogP contribution is -2.26. The summed E-state index contributed by atoms with van der Waals surface area (Å²) in [4.78, 5) is 13.8. The fourth-order valence-corrected chi connectivity index (χ4v) is 2.26. The first kappa shape index (κ1) is 15.8. The van der Waals surface area contributed by atoms with E-state index in [0.717, 1.165) is 28.2 Å². The maximum Gasteiger partial charge on any atom is 0.179 e. The van der Waals surface area contributed by atoms with Gasteiger partial charge in [-0.05, 0) is 42.9 Å². The minimum atomic E-state index is -0.696. The highest BCUT2D eigenvalue weighted by Crippen LogP contribution is 2.13. The van der Waals surface area contributed by atoms with E-state index >= 15 is 0 Å². The topological polar surface area (TPSA) is 20.3 Å². The van der Waals surface area contributed by atoms with Gasteiger partial charge in [0.25, 0.3) is 0 Å². The molecule has 2 rings (SSSR count). The third-order valence-corrected chi connectivity index (χ3v) is 3.54. The molecule has 0 radical (unpaired) electrons. The number of hydrogen-bond donors (Lipinski definition) is 0. The third kappa shape index (κ3) is 4.44. The Hall–Kier alpha value is -1.59. The lowest BCUT2D eigenvalue weighted by Gasteiger charge is -2.16. The Kier molecular flexibility index (Phi) is 5.20. The van der Waals surface area contributed by atoms with E-state index in [1.165, 1.54) is 0 Å². The van der Waals surface area contributed by atoms with Crippen molar-refractivity contribution < 1.29 is 13.6 Å². The zero-order valence-corrected chi connectivity index (χ0v) is 13.0. The molecule has 0 saturated heterocycles. The second-order valence-electron chi connectivity index (χ2n) is 4.85. The van der Waals surface area contributed by atoms with Crippen LogP contribution in [0.2, 0.25) is 0 Å². The van der Waals surface area contributed by atoms with E-state index < -0.39 is 17.4 Å². The van der Waals surface area contributed by atoms with Crippen molar-refractivity contribution in [3.63, 3.8) is 0 Å². The lowest BCUT2D eigenvalue weighted by atomic mass is 10.1. The average molecular weight is 354 g/mol. The van der Waals surface area contributed by atoms with Crippen molar-refractivity contribution in [1.82, 2.24) is 4.90 Å². The molecule has 0 fully saturated rings. The van der Waals surface area contributed by atoms with E-state index in [1.807, 2.05) is 24.3 Å². The maximum absolute atomic E-state index is 13.5. The van der Waals surface area contributed by atoms with Crippen LogP contribution in [0.25, 0.3) is 0 Å². The van der Waals surface area contributed by atoms with Crippen LogP contribution in [0.15, 0.2) is 46.9 Å². The molecule has 2 nitrogen and oxygen atoms in total. The van der Waals surface area contributed by atoms with Gasteiger partial charge in [0.2, 0.25) is 0 Å². The number of hydrogen-bond acceptors (Lipinski definition) is 2. The summed E-state index contributed by atoms with van der Waals surface area (Å²) in [5, 5.41) is 0. The molecule has 21 heavy (non-hydrogen) atoms. The number of carbonyl (C=O) groups is 1. The summed E-state index contributed by atoms with van der Waals surface area (Å²) in [5.41, 5.74) is 0.825. The molecule has 0 aromatic heterocycles. The number of ketones is 1. The Morgan fingerprint density at radius 1 is 1.14 bits per heavy atom. The zero-order valence-electron chi connectivity index (χ0n) is 11.4. The van der Waals surface area contributed by atoms with E-state index in [4.69, 9.17) is 0 Å². The highest BCUT2D eigenvalue weighted by atomic mass is 79.9. The summed E-state index contributed by atoms with van der Waals surface area (Å²) in [6.45, 7) is 0.576. The van der Waals surface area contributed by atoms with Crippen molar-refractivity contribution in [1.29, 1.82) is 0 Å². The summed E-state index contributed by atoms with van der Waals surface area (Å²) in [5.74, 6) is -1.75. The molecule has 0 spiro atoms. The molecule has 2 aromatic carbocycles. The smallest absolute Gasteiger partial charge is 0.179 e. The molecule has 0 heterocycles. The first-order valence-electron chi connectivity index (χ1n) is 6.37. The highest BCUT2D eigenvalue weighted by molar-refractivity contribution is 9.10. The van der Waals surface area contributed by atoms with E-state index in [1.54, 1.807) is 11.9 Å².